The van der Waals surface area contributed by atoms with Crippen molar-refractivity contribution in [2.75, 3.05) is 13.2 Å². The Morgan fingerprint density at radius 1 is 0.846 bits per heavy atom. The Morgan fingerprint density at radius 2 is 1.42 bits per heavy atom. The van der Waals surface area contributed by atoms with Crippen LogP contribution in [0, 0.1) is 0 Å². The molecule has 0 unspecified atom stereocenters. The summed E-state index contributed by atoms with van der Waals surface area (Å²) >= 11 is 0. The van der Waals surface area contributed by atoms with Gasteiger partial charge in [0.2, 0.25) is 0 Å². The largest absolute Gasteiger partial charge is 0.499 e. The lowest BCUT2D eigenvalue weighted by Gasteiger charge is -2.34. The Hall–Kier alpha value is -0.620. The number of allylic oxidation sites excluding steroid dienone is 1. The van der Waals surface area contributed by atoms with Crippen LogP contribution >= 0.6 is 0 Å². The molecule has 1 heterocycles. The van der Waals surface area contributed by atoms with Crippen molar-refractivity contribution in [1.29, 1.82) is 0 Å². The van der Waals surface area contributed by atoms with Crippen molar-refractivity contribution in [3.8, 4) is 0 Å². The van der Waals surface area contributed by atoms with Gasteiger partial charge in [0.25, 0.3) is 0 Å². The first-order valence-corrected chi connectivity index (χ1v) is 10.6. The summed E-state index contributed by atoms with van der Waals surface area (Å²) in [6, 6.07) is 0. The van der Waals surface area contributed by atoms with Gasteiger partial charge < -0.3 is 24.8 Å². The van der Waals surface area contributed by atoms with E-state index in [9.17, 15) is 15.3 Å². The maximum Gasteiger partial charge on any atom is 0.120 e. The van der Waals surface area contributed by atoms with Gasteiger partial charge in [0, 0.05) is 0 Å². The second-order valence-electron chi connectivity index (χ2n) is 7.45. The fourth-order valence-electron chi connectivity index (χ4n) is 3.23. The molecule has 0 aromatic heterocycles. The van der Waals surface area contributed by atoms with Crippen molar-refractivity contribution >= 4 is 0 Å². The van der Waals surface area contributed by atoms with Crippen molar-refractivity contribution in [2.24, 2.45) is 0 Å². The molecule has 3 N–H and O–H groups in total. The third kappa shape index (κ3) is 10.5. The third-order valence-corrected chi connectivity index (χ3v) is 5.03. The van der Waals surface area contributed by atoms with Gasteiger partial charge in [-0.15, -0.1) is 0 Å². The van der Waals surface area contributed by atoms with Crippen LogP contribution in [-0.2, 0) is 9.47 Å². The van der Waals surface area contributed by atoms with E-state index in [4.69, 9.17) is 9.47 Å². The third-order valence-electron chi connectivity index (χ3n) is 5.03. The number of hydrogen-bond donors (Lipinski definition) is 3. The fourth-order valence-corrected chi connectivity index (χ4v) is 3.23. The quantitative estimate of drug-likeness (QED) is 0.302. The molecule has 0 aromatic carbocycles. The molecule has 1 saturated heterocycles. The van der Waals surface area contributed by atoms with E-state index >= 15 is 0 Å². The van der Waals surface area contributed by atoms with Crippen LogP contribution in [0.2, 0.25) is 0 Å². The highest BCUT2D eigenvalue weighted by molar-refractivity contribution is 4.87. The van der Waals surface area contributed by atoms with Crippen LogP contribution in [0.25, 0.3) is 0 Å². The van der Waals surface area contributed by atoms with Crippen LogP contribution in [-0.4, -0.2) is 52.9 Å². The van der Waals surface area contributed by atoms with E-state index in [0.29, 0.717) is 0 Å². The van der Waals surface area contributed by atoms with Crippen LogP contribution < -0.4 is 0 Å². The number of rotatable bonds is 15. The molecule has 1 aliphatic heterocycles. The van der Waals surface area contributed by atoms with Crippen molar-refractivity contribution < 1.29 is 24.8 Å². The first-order chi connectivity index (χ1) is 12.7. The van der Waals surface area contributed by atoms with E-state index in [1.54, 1.807) is 6.26 Å². The molecule has 5 heteroatoms. The summed E-state index contributed by atoms with van der Waals surface area (Å²) in [5.41, 5.74) is 0. The Bertz CT molecular complexity index is 347. The Morgan fingerprint density at radius 3 is 2.04 bits per heavy atom. The molecule has 0 spiro atoms. The molecule has 0 aromatic rings. The summed E-state index contributed by atoms with van der Waals surface area (Å²) in [6.07, 6.45) is 15.5. The zero-order valence-electron chi connectivity index (χ0n) is 16.5. The van der Waals surface area contributed by atoms with Gasteiger partial charge in [-0.3, -0.25) is 0 Å². The number of aliphatic hydroxyl groups is 3. The molecular weight excluding hydrogens is 332 g/mol. The highest BCUT2D eigenvalue weighted by Gasteiger charge is 2.37. The Labute approximate surface area is 159 Å². The first-order valence-electron chi connectivity index (χ1n) is 10.6. The summed E-state index contributed by atoms with van der Waals surface area (Å²) in [7, 11) is 0. The van der Waals surface area contributed by atoms with Crippen LogP contribution in [0.5, 0.6) is 0 Å². The molecule has 0 bridgehead atoms. The van der Waals surface area contributed by atoms with E-state index in [1.165, 1.54) is 70.6 Å². The summed E-state index contributed by atoms with van der Waals surface area (Å²) in [6.45, 7) is 2.46. The van der Waals surface area contributed by atoms with E-state index in [1.807, 2.05) is 6.08 Å². The van der Waals surface area contributed by atoms with Gasteiger partial charge in [0.05, 0.1) is 12.9 Å². The standard InChI is InChI=1S/C21H40O5/c1-2-3-4-5-6-7-8-9-10-11-12-13-14-15-25-17-19-21(24)20(23)18(22)16-26-19/h14-15,18-24H,2-13,16-17H2,1H3/b15-14+/t18-,19+,20+,21+/m1/s1. The van der Waals surface area contributed by atoms with E-state index in [-0.39, 0.29) is 13.2 Å². The minimum absolute atomic E-state index is 0.0225. The van der Waals surface area contributed by atoms with Crippen LogP contribution in [0.15, 0.2) is 12.3 Å². The molecule has 5 nitrogen and oxygen atoms in total. The molecule has 154 valence electrons. The van der Waals surface area contributed by atoms with Gasteiger partial charge in [-0.2, -0.15) is 0 Å². The lowest BCUT2D eigenvalue weighted by atomic mass is 10.0. The van der Waals surface area contributed by atoms with Gasteiger partial charge in [0.1, 0.15) is 31.0 Å². The lowest BCUT2D eigenvalue weighted by molar-refractivity contribution is -0.195. The second-order valence-corrected chi connectivity index (χ2v) is 7.45. The molecule has 4 atom stereocenters. The Kier molecular flexibility index (Phi) is 13.9. The van der Waals surface area contributed by atoms with Crippen LogP contribution in [0.3, 0.4) is 0 Å². The molecule has 1 fully saturated rings. The van der Waals surface area contributed by atoms with Gasteiger partial charge in [-0.1, -0.05) is 71.1 Å². The van der Waals surface area contributed by atoms with Gasteiger partial charge >= 0.3 is 0 Å². The van der Waals surface area contributed by atoms with Crippen LogP contribution in [0.4, 0.5) is 0 Å². The van der Waals surface area contributed by atoms with E-state index in [0.717, 1.165) is 6.42 Å². The molecule has 26 heavy (non-hydrogen) atoms. The zero-order valence-corrected chi connectivity index (χ0v) is 16.5. The number of hydrogen-bond acceptors (Lipinski definition) is 5. The van der Waals surface area contributed by atoms with Gasteiger partial charge in [0.15, 0.2) is 0 Å². The maximum absolute atomic E-state index is 9.78. The fraction of sp³-hybridized carbons (Fsp3) is 0.905. The Balaban J connectivity index is 1.86. The minimum atomic E-state index is -1.17. The first kappa shape index (κ1) is 23.4. The highest BCUT2D eigenvalue weighted by atomic mass is 16.6. The SMILES string of the molecule is CCCCCCCCCCCCC/C=C/OC[C@@H]1OC[C@@H](O)[C@H](O)[C@H]1O. The molecule has 1 rings (SSSR count). The van der Waals surface area contributed by atoms with Crippen molar-refractivity contribution in [2.45, 2.75) is 108 Å². The second kappa shape index (κ2) is 15.4. The molecule has 0 amide bonds. The summed E-state index contributed by atoms with van der Waals surface area (Å²) < 4.78 is 10.6. The summed E-state index contributed by atoms with van der Waals surface area (Å²) in [5.74, 6) is 0. The van der Waals surface area contributed by atoms with Crippen molar-refractivity contribution in [3.05, 3.63) is 12.3 Å². The highest BCUT2D eigenvalue weighted by Crippen LogP contribution is 2.16. The van der Waals surface area contributed by atoms with E-state index < -0.39 is 24.4 Å². The number of unbranched alkanes of at least 4 members (excludes halogenated alkanes) is 11. The van der Waals surface area contributed by atoms with Gasteiger partial charge in [-0.05, 0) is 18.9 Å². The molecule has 1 aliphatic rings. The average Bonchev–Trinajstić information content (AvgIpc) is 2.64. The van der Waals surface area contributed by atoms with Crippen molar-refractivity contribution in [1.82, 2.24) is 0 Å². The number of aliphatic hydroxyl groups excluding tert-OH is 3. The number of ether oxygens (including phenoxy) is 2. The molecule has 0 aliphatic carbocycles. The zero-order chi connectivity index (χ0) is 19.0. The average molecular weight is 373 g/mol. The summed E-state index contributed by atoms with van der Waals surface area (Å²) in [5, 5.41) is 28.8. The smallest absolute Gasteiger partial charge is 0.120 e. The molecule has 0 radical (unpaired) electrons. The molecule has 0 saturated carbocycles. The van der Waals surface area contributed by atoms with Crippen LogP contribution in [0.1, 0.15) is 84.0 Å². The topological polar surface area (TPSA) is 79.2 Å². The minimum Gasteiger partial charge on any atom is -0.499 e. The monoisotopic (exact) mass is 372 g/mol. The molecular formula is C21H40O5. The summed E-state index contributed by atoms with van der Waals surface area (Å²) in [4.78, 5) is 0. The maximum atomic E-state index is 9.78. The predicted molar refractivity (Wildman–Crippen MR) is 104 cm³/mol. The van der Waals surface area contributed by atoms with Gasteiger partial charge in [-0.25, -0.2) is 0 Å². The van der Waals surface area contributed by atoms with Crippen molar-refractivity contribution in [3.63, 3.8) is 0 Å². The predicted octanol–water partition coefficient (Wildman–Crippen LogP) is 3.70. The normalized spacial score (nSPS) is 26.5. The van der Waals surface area contributed by atoms with E-state index in [2.05, 4.69) is 6.92 Å². The lowest BCUT2D eigenvalue weighted by Crippen LogP contribution is -2.54.